The highest BCUT2D eigenvalue weighted by Gasteiger charge is 2.28. The van der Waals surface area contributed by atoms with Crippen LogP contribution in [0.5, 0.6) is 0 Å². The number of thioether (sulfide) groups is 1. The second-order valence-electron chi connectivity index (χ2n) is 7.60. The van der Waals surface area contributed by atoms with Gasteiger partial charge in [-0.1, -0.05) is 24.3 Å². The van der Waals surface area contributed by atoms with Crippen LogP contribution >= 0.6 is 11.8 Å². The molecule has 1 fully saturated rings. The number of hydrogen-bond acceptors (Lipinski definition) is 7. The summed E-state index contributed by atoms with van der Waals surface area (Å²) >= 11 is 1.31. The van der Waals surface area contributed by atoms with Crippen LogP contribution < -0.4 is 10.9 Å². The van der Waals surface area contributed by atoms with Crippen molar-refractivity contribution in [3.8, 4) is 6.07 Å². The first kappa shape index (κ1) is 22.6. The van der Waals surface area contributed by atoms with E-state index in [2.05, 4.69) is 10.3 Å². The Labute approximate surface area is 194 Å². The van der Waals surface area contributed by atoms with Crippen LogP contribution in [0.2, 0.25) is 0 Å². The SMILES string of the molecule is N#CCSc1ccccc1NC(=O)COC(=O)CCc1nc2ccccc2c(=O)n1C1CC1. The molecule has 1 amide bonds. The minimum atomic E-state index is -0.540. The molecule has 1 heterocycles. The molecule has 3 aromatic rings. The molecule has 2 aromatic carbocycles. The lowest BCUT2D eigenvalue weighted by atomic mass is 10.2. The molecule has 0 radical (unpaired) electrons. The number of aryl methyl sites for hydroxylation is 1. The fraction of sp³-hybridized carbons (Fsp3) is 0.292. The molecule has 8 nitrogen and oxygen atoms in total. The van der Waals surface area contributed by atoms with Crippen LogP contribution in [0.25, 0.3) is 10.9 Å². The number of ether oxygens (including phenoxy) is 1. The van der Waals surface area contributed by atoms with Crippen molar-refractivity contribution in [1.82, 2.24) is 9.55 Å². The number of nitrogens with zero attached hydrogens (tertiary/aromatic N) is 3. The van der Waals surface area contributed by atoms with Crippen molar-refractivity contribution in [2.45, 2.75) is 36.6 Å². The number of hydrogen-bond donors (Lipinski definition) is 1. The number of aromatic nitrogens is 2. The summed E-state index contributed by atoms with van der Waals surface area (Å²) < 4.78 is 6.82. The predicted molar refractivity (Wildman–Crippen MR) is 125 cm³/mol. The summed E-state index contributed by atoms with van der Waals surface area (Å²) in [5.41, 5.74) is 1.08. The standard InChI is InChI=1S/C24H22N4O4S/c25-13-14-33-20-8-4-3-7-19(20)27-22(29)15-32-23(30)12-11-21-26-18-6-2-1-5-17(18)24(31)28(21)16-9-10-16/h1-8,16H,9-12,14-15H2,(H,27,29). The average Bonchev–Trinajstić information content (AvgIpc) is 3.66. The highest BCUT2D eigenvalue weighted by atomic mass is 32.2. The molecule has 0 saturated heterocycles. The number of nitriles is 1. The molecule has 4 rings (SSSR count). The fourth-order valence-electron chi connectivity index (χ4n) is 3.50. The lowest BCUT2D eigenvalue weighted by Gasteiger charge is -2.13. The van der Waals surface area contributed by atoms with Gasteiger partial charge in [0.25, 0.3) is 11.5 Å². The van der Waals surface area contributed by atoms with Gasteiger partial charge in [0.1, 0.15) is 5.82 Å². The van der Waals surface area contributed by atoms with E-state index in [-0.39, 0.29) is 30.2 Å². The summed E-state index contributed by atoms with van der Waals surface area (Å²) in [5, 5.41) is 12.0. The molecule has 0 bridgehead atoms. The van der Waals surface area contributed by atoms with E-state index in [1.807, 2.05) is 24.3 Å². The number of esters is 1. The van der Waals surface area contributed by atoms with E-state index in [1.165, 1.54) is 11.8 Å². The first-order valence-corrected chi connectivity index (χ1v) is 11.6. The number of benzene rings is 2. The number of para-hydroxylation sites is 2. The smallest absolute Gasteiger partial charge is 0.306 e. The predicted octanol–water partition coefficient (Wildman–Crippen LogP) is 3.46. The van der Waals surface area contributed by atoms with Crippen LogP contribution in [0.3, 0.4) is 0 Å². The van der Waals surface area contributed by atoms with E-state index in [4.69, 9.17) is 10.00 Å². The molecule has 1 aromatic heterocycles. The maximum absolute atomic E-state index is 12.9. The van der Waals surface area contributed by atoms with Crippen LogP contribution in [0.4, 0.5) is 5.69 Å². The van der Waals surface area contributed by atoms with E-state index in [9.17, 15) is 14.4 Å². The molecule has 0 unspecified atom stereocenters. The van der Waals surface area contributed by atoms with Crippen molar-refractivity contribution in [3.63, 3.8) is 0 Å². The first-order valence-electron chi connectivity index (χ1n) is 10.6. The Morgan fingerprint density at radius 1 is 1.18 bits per heavy atom. The van der Waals surface area contributed by atoms with Gasteiger partial charge in [-0.2, -0.15) is 5.26 Å². The molecular weight excluding hydrogens is 440 g/mol. The molecule has 1 saturated carbocycles. The number of anilines is 1. The molecule has 0 spiro atoms. The first-order chi connectivity index (χ1) is 16.1. The minimum absolute atomic E-state index is 0.0133. The molecule has 0 atom stereocenters. The third-order valence-corrected chi connectivity index (χ3v) is 6.10. The molecular formula is C24H22N4O4S. The van der Waals surface area contributed by atoms with Gasteiger partial charge in [-0.15, -0.1) is 11.8 Å². The van der Waals surface area contributed by atoms with Crippen molar-refractivity contribution in [2.75, 3.05) is 17.7 Å². The Balaban J connectivity index is 1.35. The minimum Gasteiger partial charge on any atom is -0.456 e. The molecule has 168 valence electrons. The largest absolute Gasteiger partial charge is 0.456 e. The molecule has 0 aliphatic heterocycles. The summed E-state index contributed by atoms with van der Waals surface area (Å²) in [6.45, 7) is -0.420. The number of amides is 1. The monoisotopic (exact) mass is 462 g/mol. The summed E-state index contributed by atoms with van der Waals surface area (Å²) in [6.07, 6.45) is 2.11. The van der Waals surface area contributed by atoms with Crippen molar-refractivity contribution in [1.29, 1.82) is 5.26 Å². The van der Waals surface area contributed by atoms with Gasteiger partial charge in [-0.05, 0) is 37.1 Å². The van der Waals surface area contributed by atoms with Crippen molar-refractivity contribution in [2.24, 2.45) is 0 Å². The Morgan fingerprint density at radius 3 is 2.73 bits per heavy atom. The van der Waals surface area contributed by atoms with Crippen molar-refractivity contribution < 1.29 is 14.3 Å². The molecule has 1 N–H and O–H groups in total. The van der Waals surface area contributed by atoms with Crippen LogP contribution in [-0.2, 0) is 20.7 Å². The highest BCUT2D eigenvalue weighted by Crippen LogP contribution is 2.35. The van der Waals surface area contributed by atoms with E-state index < -0.39 is 18.5 Å². The van der Waals surface area contributed by atoms with Gasteiger partial charge in [0.15, 0.2) is 6.61 Å². The highest BCUT2D eigenvalue weighted by molar-refractivity contribution is 7.99. The van der Waals surface area contributed by atoms with Gasteiger partial charge >= 0.3 is 5.97 Å². The Bertz CT molecular complexity index is 1290. The van der Waals surface area contributed by atoms with E-state index >= 15 is 0 Å². The third kappa shape index (κ3) is 5.59. The zero-order valence-electron chi connectivity index (χ0n) is 17.8. The van der Waals surface area contributed by atoms with Gasteiger partial charge in [-0.25, -0.2) is 4.98 Å². The molecule has 1 aliphatic rings. The molecule has 1 aliphatic carbocycles. The third-order valence-electron chi connectivity index (χ3n) is 5.16. The number of carbonyl (C=O) groups is 2. The van der Waals surface area contributed by atoms with Gasteiger partial charge < -0.3 is 10.1 Å². The lowest BCUT2D eigenvalue weighted by molar-refractivity contribution is -0.147. The summed E-state index contributed by atoms with van der Waals surface area (Å²) in [4.78, 5) is 42.8. The zero-order valence-corrected chi connectivity index (χ0v) is 18.6. The topological polar surface area (TPSA) is 114 Å². The molecule has 9 heteroatoms. The van der Waals surface area contributed by atoms with Gasteiger partial charge in [0, 0.05) is 17.4 Å². The van der Waals surface area contributed by atoms with E-state index in [0.717, 1.165) is 17.7 Å². The second kappa shape index (κ2) is 10.3. The van der Waals surface area contributed by atoms with Crippen LogP contribution in [0, 0.1) is 11.3 Å². The maximum Gasteiger partial charge on any atom is 0.306 e. The Morgan fingerprint density at radius 2 is 1.94 bits per heavy atom. The summed E-state index contributed by atoms with van der Waals surface area (Å²) in [6, 6.07) is 16.5. The average molecular weight is 463 g/mol. The van der Waals surface area contributed by atoms with E-state index in [1.54, 1.807) is 34.9 Å². The zero-order chi connectivity index (χ0) is 23.2. The maximum atomic E-state index is 12.9. The van der Waals surface area contributed by atoms with Gasteiger partial charge in [0.2, 0.25) is 0 Å². The van der Waals surface area contributed by atoms with Crippen LogP contribution in [0.15, 0.2) is 58.2 Å². The van der Waals surface area contributed by atoms with Crippen molar-refractivity contribution >= 4 is 40.2 Å². The number of nitrogens with one attached hydrogen (secondary N) is 1. The normalized spacial score (nSPS) is 12.8. The quantitative estimate of drug-likeness (QED) is 0.383. The number of carbonyl (C=O) groups excluding carboxylic acids is 2. The fourth-order valence-corrected chi connectivity index (χ4v) is 4.17. The number of rotatable bonds is 9. The van der Waals surface area contributed by atoms with Gasteiger partial charge in [-0.3, -0.25) is 19.0 Å². The molecule has 33 heavy (non-hydrogen) atoms. The van der Waals surface area contributed by atoms with Gasteiger partial charge in [0.05, 0.1) is 34.8 Å². The Hall–Kier alpha value is -3.64. The lowest BCUT2D eigenvalue weighted by Crippen LogP contribution is -2.26. The van der Waals surface area contributed by atoms with E-state index in [0.29, 0.717) is 22.4 Å². The summed E-state index contributed by atoms with van der Waals surface area (Å²) in [5.74, 6) is -0.184. The van der Waals surface area contributed by atoms with Crippen LogP contribution in [0.1, 0.15) is 31.1 Å². The summed E-state index contributed by atoms with van der Waals surface area (Å²) in [7, 11) is 0. The number of fused-ring (bicyclic) bond motifs is 1. The van der Waals surface area contributed by atoms with Crippen molar-refractivity contribution in [3.05, 3.63) is 64.7 Å². The Kier molecular flexibility index (Phi) is 7.05. The van der Waals surface area contributed by atoms with Crippen LogP contribution in [-0.4, -0.2) is 33.8 Å². The second-order valence-corrected chi connectivity index (χ2v) is 8.62.